The molecule has 0 radical (unpaired) electrons. The molecular weight excluding hydrogens is 445 g/mol. The molecule has 0 aliphatic heterocycles. The predicted molar refractivity (Wildman–Crippen MR) is 118 cm³/mol. The summed E-state index contributed by atoms with van der Waals surface area (Å²) in [6.07, 6.45) is 0.257. The molecule has 0 spiro atoms. The lowest BCUT2D eigenvalue weighted by Crippen LogP contribution is -2.36. The van der Waals surface area contributed by atoms with Crippen molar-refractivity contribution < 1.29 is 4.74 Å². The average Bonchev–Trinajstić information content (AvgIpc) is 2.99. The molecule has 2 N–H and O–H groups in total. The molecule has 0 atom stereocenters. The molecule has 0 aliphatic carbocycles. The third-order valence-electron chi connectivity index (χ3n) is 3.67. The number of guanidine groups is 1. The smallest absolute Gasteiger partial charge is 0.191 e. The predicted octanol–water partition coefficient (Wildman–Crippen LogP) is 4.46. The third-order valence-corrected chi connectivity index (χ3v) is 4.70. The van der Waals surface area contributed by atoms with Gasteiger partial charge in [-0.1, -0.05) is 24.3 Å². The zero-order chi connectivity index (χ0) is 17.4. The Labute approximate surface area is 172 Å². The molecule has 0 unspecified atom stereocenters. The standard InChI is InChI=1S/C19H27N3OS.HI/c1-14(2)23-13-17-7-5-16(6-8-17)11-21-19(20-4)22-12-18-15(3)9-10-24-18;/h5-10,14H,11-13H2,1-4H3,(H2,20,21,22);1H. The van der Waals surface area contributed by atoms with Gasteiger partial charge >= 0.3 is 0 Å². The molecule has 0 aliphatic rings. The van der Waals surface area contributed by atoms with Gasteiger partial charge in [0.25, 0.3) is 0 Å². The Morgan fingerprint density at radius 3 is 2.28 bits per heavy atom. The van der Waals surface area contributed by atoms with Crippen LogP contribution in [0.1, 0.15) is 35.4 Å². The van der Waals surface area contributed by atoms with Gasteiger partial charge in [-0.25, -0.2) is 0 Å². The number of nitrogens with zero attached hydrogens (tertiary/aromatic N) is 1. The van der Waals surface area contributed by atoms with Gasteiger partial charge in [0.05, 0.1) is 19.3 Å². The lowest BCUT2D eigenvalue weighted by molar-refractivity contribution is 0.0657. The van der Waals surface area contributed by atoms with Crippen LogP contribution < -0.4 is 10.6 Å². The molecule has 1 heterocycles. The fourth-order valence-corrected chi connectivity index (χ4v) is 3.02. The van der Waals surface area contributed by atoms with E-state index in [1.807, 2.05) is 0 Å². The summed E-state index contributed by atoms with van der Waals surface area (Å²) in [6, 6.07) is 10.6. The zero-order valence-electron chi connectivity index (χ0n) is 15.3. The molecule has 2 rings (SSSR count). The summed E-state index contributed by atoms with van der Waals surface area (Å²) in [5.41, 5.74) is 3.74. The highest BCUT2D eigenvalue weighted by Crippen LogP contribution is 2.14. The topological polar surface area (TPSA) is 45.7 Å². The van der Waals surface area contributed by atoms with Gasteiger partial charge in [-0.3, -0.25) is 4.99 Å². The minimum Gasteiger partial charge on any atom is -0.374 e. The van der Waals surface area contributed by atoms with Gasteiger partial charge in [0, 0.05) is 18.5 Å². The molecule has 0 saturated carbocycles. The molecular formula is C19H28IN3OS. The Balaban J connectivity index is 0.00000312. The first-order valence-electron chi connectivity index (χ1n) is 8.25. The molecule has 138 valence electrons. The third kappa shape index (κ3) is 7.75. The Kier molecular flexibility index (Phi) is 10.1. The van der Waals surface area contributed by atoms with Crippen molar-refractivity contribution in [2.24, 2.45) is 4.99 Å². The van der Waals surface area contributed by atoms with Gasteiger partial charge in [-0.15, -0.1) is 35.3 Å². The van der Waals surface area contributed by atoms with Crippen molar-refractivity contribution in [1.29, 1.82) is 0 Å². The number of halogens is 1. The van der Waals surface area contributed by atoms with Crippen molar-refractivity contribution in [2.45, 2.75) is 46.6 Å². The maximum atomic E-state index is 5.62. The van der Waals surface area contributed by atoms with E-state index in [-0.39, 0.29) is 30.1 Å². The van der Waals surface area contributed by atoms with Gasteiger partial charge < -0.3 is 15.4 Å². The second kappa shape index (κ2) is 11.5. The second-order valence-corrected chi connectivity index (χ2v) is 6.98. The maximum Gasteiger partial charge on any atom is 0.191 e. The first-order valence-corrected chi connectivity index (χ1v) is 9.13. The van der Waals surface area contributed by atoms with Crippen LogP contribution in [-0.2, 0) is 24.4 Å². The van der Waals surface area contributed by atoms with E-state index in [2.05, 4.69) is 72.1 Å². The molecule has 1 aromatic heterocycles. The van der Waals surface area contributed by atoms with Crippen molar-refractivity contribution >= 4 is 41.3 Å². The van der Waals surface area contributed by atoms with E-state index in [0.717, 1.165) is 19.0 Å². The number of thiophene rings is 1. The summed E-state index contributed by atoms with van der Waals surface area (Å²) in [5, 5.41) is 8.82. The van der Waals surface area contributed by atoms with E-state index in [1.165, 1.54) is 21.6 Å². The summed E-state index contributed by atoms with van der Waals surface area (Å²) in [5.74, 6) is 0.815. The van der Waals surface area contributed by atoms with Crippen LogP contribution in [-0.4, -0.2) is 19.1 Å². The SMILES string of the molecule is CN=C(NCc1ccc(COC(C)C)cc1)NCc1sccc1C.I. The van der Waals surface area contributed by atoms with E-state index in [9.17, 15) is 0 Å². The van der Waals surface area contributed by atoms with E-state index in [0.29, 0.717) is 6.61 Å². The molecule has 0 amide bonds. The number of ether oxygens (including phenoxy) is 1. The first-order chi connectivity index (χ1) is 11.6. The second-order valence-electron chi connectivity index (χ2n) is 5.98. The van der Waals surface area contributed by atoms with E-state index in [4.69, 9.17) is 4.74 Å². The molecule has 0 saturated heterocycles. The van der Waals surface area contributed by atoms with Crippen LogP contribution in [0, 0.1) is 6.92 Å². The van der Waals surface area contributed by atoms with Crippen LogP contribution in [0.15, 0.2) is 40.7 Å². The van der Waals surface area contributed by atoms with Crippen LogP contribution in [0.25, 0.3) is 0 Å². The molecule has 0 fully saturated rings. The van der Waals surface area contributed by atoms with E-state index < -0.39 is 0 Å². The van der Waals surface area contributed by atoms with Crippen LogP contribution >= 0.6 is 35.3 Å². The average molecular weight is 473 g/mol. The quantitative estimate of drug-likeness (QED) is 0.355. The Morgan fingerprint density at radius 2 is 1.72 bits per heavy atom. The van der Waals surface area contributed by atoms with Crippen LogP contribution in [0.3, 0.4) is 0 Å². The molecule has 0 bridgehead atoms. The Hall–Kier alpha value is -1.12. The number of hydrogen-bond acceptors (Lipinski definition) is 3. The summed E-state index contributed by atoms with van der Waals surface area (Å²) < 4.78 is 5.62. The molecule has 4 nitrogen and oxygen atoms in total. The number of benzene rings is 1. The molecule has 2 aromatic rings. The first kappa shape index (κ1) is 21.9. The normalized spacial score (nSPS) is 11.3. The number of aliphatic imine (C=N–C) groups is 1. The van der Waals surface area contributed by atoms with Gasteiger partial charge in [0.15, 0.2) is 5.96 Å². The highest BCUT2D eigenvalue weighted by molar-refractivity contribution is 14.0. The number of rotatable bonds is 7. The fraction of sp³-hybridized carbons (Fsp3) is 0.421. The number of aryl methyl sites for hydroxylation is 1. The minimum absolute atomic E-state index is 0. The minimum atomic E-state index is 0. The van der Waals surface area contributed by atoms with E-state index >= 15 is 0 Å². The van der Waals surface area contributed by atoms with Gasteiger partial charge in [-0.05, 0) is 48.9 Å². The van der Waals surface area contributed by atoms with Crippen molar-refractivity contribution in [3.05, 3.63) is 57.3 Å². The van der Waals surface area contributed by atoms with Crippen molar-refractivity contribution in [3.63, 3.8) is 0 Å². The summed E-state index contributed by atoms with van der Waals surface area (Å²) in [7, 11) is 1.79. The lowest BCUT2D eigenvalue weighted by atomic mass is 10.1. The van der Waals surface area contributed by atoms with Crippen LogP contribution in [0.4, 0.5) is 0 Å². The largest absolute Gasteiger partial charge is 0.374 e. The van der Waals surface area contributed by atoms with Crippen molar-refractivity contribution in [3.8, 4) is 0 Å². The van der Waals surface area contributed by atoms with Gasteiger partial charge in [0.2, 0.25) is 0 Å². The molecule has 25 heavy (non-hydrogen) atoms. The highest BCUT2D eigenvalue weighted by Gasteiger charge is 2.03. The van der Waals surface area contributed by atoms with Crippen LogP contribution in [0.2, 0.25) is 0 Å². The summed E-state index contributed by atoms with van der Waals surface area (Å²) in [4.78, 5) is 5.62. The lowest BCUT2D eigenvalue weighted by Gasteiger charge is -2.12. The molecule has 6 heteroatoms. The highest BCUT2D eigenvalue weighted by atomic mass is 127. The molecule has 1 aromatic carbocycles. The monoisotopic (exact) mass is 473 g/mol. The summed E-state index contributed by atoms with van der Waals surface area (Å²) >= 11 is 1.77. The van der Waals surface area contributed by atoms with Crippen molar-refractivity contribution in [1.82, 2.24) is 10.6 Å². The zero-order valence-corrected chi connectivity index (χ0v) is 18.5. The number of hydrogen-bond donors (Lipinski definition) is 2. The fourth-order valence-electron chi connectivity index (χ4n) is 2.17. The van der Waals surface area contributed by atoms with E-state index in [1.54, 1.807) is 18.4 Å². The number of nitrogens with one attached hydrogen (secondary N) is 2. The Morgan fingerprint density at radius 1 is 1.08 bits per heavy atom. The summed E-state index contributed by atoms with van der Waals surface area (Å²) in [6.45, 7) is 8.44. The maximum absolute atomic E-state index is 5.62. The Bertz CT molecular complexity index is 653. The van der Waals surface area contributed by atoms with Crippen molar-refractivity contribution in [2.75, 3.05) is 7.05 Å². The van der Waals surface area contributed by atoms with Gasteiger partial charge in [-0.2, -0.15) is 0 Å². The van der Waals surface area contributed by atoms with Crippen LogP contribution in [0.5, 0.6) is 0 Å². The van der Waals surface area contributed by atoms with Gasteiger partial charge in [0.1, 0.15) is 0 Å².